The molecule has 132 valence electrons. The predicted molar refractivity (Wildman–Crippen MR) is 100.0 cm³/mol. The van der Waals surface area contributed by atoms with Gasteiger partial charge in [-0.15, -0.1) is 0 Å². The van der Waals surface area contributed by atoms with Gasteiger partial charge in [-0.25, -0.2) is 9.07 Å². The summed E-state index contributed by atoms with van der Waals surface area (Å²) in [6.45, 7) is 0. The first-order chi connectivity index (χ1) is 12.5. The molecule has 0 atom stereocenters. The van der Waals surface area contributed by atoms with E-state index in [1.165, 1.54) is 12.1 Å². The summed E-state index contributed by atoms with van der Waals surface area (Å²) in [5.41, 5.74) is 3.43. The smallest absolute Gasteiger partial charge is 0.276 e. The van der Waals surface area contributed by atoms with E-state index in [1.807, 2.05) is 0 Å². The van der Waals surface area contributed by atoms with Crippen LogP contribution in [0.4, 0.5) is 10.1 Å². The van der Waals surface area contributed by atoms with Crippen molar-refractivity contribution < 1.29 is 9.18 Å². The van der Waals surface area contributed by atoms with E-state index in [0.717, 1.165) is 36.2 Å². The van der Waals surface area contributed by atoms with Crippen LogP contribution in [-0.4, -0.2) is 15.7 Å². The molecule has 0 spiro atoms. The van der Waals surface area contributed by atoms with E-state index in [0.29, 0.717) is 16.4 Å². The van der Waals surface area contributed by atoms with Crippen LogP contribution in [0.15, 0.2) is 42.5 Å². The van der Waals surface area contributed by atoms with Gasteiger partial charge in [0.2, 0.25) is 0 Å². The van der Waals surface area contributed by atoms with Crippen molar-refractivity contribution in [3.8, 4) is 5.69 Å². The van der Waals surface area contributed by atoms with Crippen LogP contribution >= 0.6 is 23.2 Å². The highest BCUT2D eigenvalue weighted by Gasteiger charge is 2.27. The number of rotatable bonds is 3. The normalized spacial score (nSPS) is 12.9. The van der Waals surface area contributed by atoms with Crippen molar-refractivity contribution in [3.05, 3.63) is 75.3 Å². The van der Waals surface area contributed by atoms with E-state index < -0.39 is 0 Å². The Balaban J connectivity index is 1.71. The summed E-state index contributed by atoms with van der Waals surface area (Å²) < 4.78 is 14.9. The fourth-order valence-electron chi connectivity index (χ4n) is 3.20. The third-order valence-corrected chi connectivity index (χ3v) is 5.24. The Morgan fingerprint density at radius 1 is 1.12 bits per heavy atom. The molecule has 0 unspecified atom stereocenters. The lowest BCUT2D eigenvalue weighted by Gasteiger charge is -2.07. The lowest BCUT2D eigenvalue weighted by Crippen LogP contribution is -2.15. The molecule has 1 aliphatic rings. The maximum Gasteiger partial charge on any atom is 0.276 e. The minimum absolute atomic E-state index is 0.289. The Morgan fingerprint density at radius 3 is 2.65 bits per heavy atom. The first kappa shape index (κ1) is 17.1. The van der Waals surface area contributed by atoms with Crippen molar-refractivity contribution in [1.82, 2.24) is 9.78 Å². The summed E-state index contributed by atoms with van der Waals surface area (Å²) in [5.74, 6) is -0.653. The predicted octanol–water partition coefficient (Wildman–Crippen LogP) is 5.06. The van der Waals surface area contributed by atoms with Crippen LogP contribution < -0.4 is 5.32 Å². The Kier molecular flexibility index (Phi) is 4.42. The zero-order valence-corrected chi connectivity index (χ0v) is 15.1. The van der Waals surface area contributed by atoms with Crippen molar-refractivity contribution in [1.29, 1.82) is 0 Å². The molecule has 1 aromatic heterocycles. The number of nitrogens with one attached hydrogen (secondary N) is 1. The number of hydrogen-bond acceptors (Lipinski definition) is 2. The molecule has 1 aliphatic carbocycles. The average Bonchev–Trinajstić information content (AvgIpc) is 3.22. The lowest BCUT2D eigenvalue weighted by atomic mass is 10.2. The van der Waals surface area contributed by atoms with Gasteiger partial charge in [0.1, 0.15) is 5.82 Å². The van der Waals surface area contributed by atoms with Gasteiger partial charge >= 0.3 is 0 Å². The van der Waals surface area contributed by atoms with Crippen molar-refractivity contribution in [3.63, 3.8) is 0 Å². The number of benzene rings is 2. The number of carbonyl (C=O) groups excluding carboxylic acids is 1. The van der Waals surface area contributed by atoms with Gasteiger partial charge in [0.15, 0.2) is 5.69 Å². The van der Waals surface area contributed by atoms with Crippen LogP contribution in [0.25, 0.3) is 5.69 Å². The summed E-state index contributed by atoms with van der Waals surface area (Å²) in [7, 11) is 0. The van der Waals surface area contributed by atoms with Crippen molar-refractivity contribution in [2.75, 3.05) is 5.32 Å². The zero-order valence-electron chi connectivity index (χ0n) is 13.6. The molecule has 0 radical (unpaired) electrons. The van der Waals surface area contributed by atoms with Crippen molar-refractivity contribution >= 4 is 34.8 Å². The van der Waals surface area contributed by atoms with Gasteiger partial charge < -0.3 is 5.32 Å². The summed E-state index contributed by atoms with van der Waals surface area (Å²) in [6, 6.07) is 11.1. The molecular weight excluding hydrogens is 376 g/mol. The monoisotopic (exact) mass is 389 g/mol. The molecule has 1 heterocycles. The number of anilines is 1. The fourth-order valence-corrected chi connectivity index (χ4v) is 3.55. The fraction of sp³-hybridized carbons (Fsp3) is 0.158. The Hall–Kier alpha value is -2.37. The summed E-state index contributed by atoms with van der Waals surface area (Å²) in [5, 5.41) is 7.92. The molecule has 1 amide bonds. The molecule has 0 bridgehead atoms. The molecular formula is C19H14Cl2FN3O. The van der Waals surface area contributed by atoms with Crippen LogP contribution in [0.3, 0.4) is 0 Å². The first-order valence-corrected chi connectivity index (χ1v) is 8.92. The minimum atomic E-state index is -0.340. The summed E-state index contributed by atoms with van der Waals surface area (Å²) in [6.07, 6.45) is 2.56. The van der Waals surface area contributed by atoms with Gasteiger partial charge in [0, 0.05) is 11.3 Å². The first-order valence-electron chi connectivity index (χ1n) is 8.16. The SMILES string of the molecule is O=C(Nc1cccc(Cl)c1Cl)c1nn(-c2ccc(F)cc2)c2c1CCC2. The number of aromatic nitrogens is 2. The van der Waals surface area contributed by atoms with E-state index in [2.05, 4.69) is 10.4 Å². The lowest BCUT2D eigenvalue weighted by molar-refractivity contribution is 0.102. The summed E-state index contributed by atoms with van der Waals surface area (Å²) in [4.78, 5) is 12.8. The third-order valence-electron chi connectivity index (χ3n) is 4.42. The van der Waals surface area contributed by atoms with Gasteiger partial charge in [-0.05, 0) is 55.7 Å². The number of amides is 1. The van der Waals surface area contributed by atoms with Crippen LogP contribution in [0, 0.1) is 5.82 Å². The Morgan fingerprint density at radius 2 is 1.88 bits per heavy atom. The minimum Gasteiger partial charge on any atom is -0.319 e. The van der Waals surface area contributed by atoms with Gasteiger partial charge in [0.05, 0.1) is 21.4 Å². The van der Waals surface area contributed by atoms with Gasteiger partial charge in [-0.1, -0.05) is 29.3 Å². The number of hydrogen-bond donors (Lipinski definition) is 1. The standard InChI is InChI=1S/C19H14Cl2FN3O/c20-14-4-2-5-15(17(14)21)23-19(26)18-13-3-1-6-16(13)25(24-18)12-9-7-11(22)8-10-12/h2,4-5,7-10H,1,3,6H2,(H,23,26). The molecule has 26 heavy (non-hydrogen) atoms. The highest BCUT2D eigenvalue weighted by molar-refractivity contribution is 6.44. The van der Waals surface area contributed by atoms with E-state index in [1.54, 1.807) is 35.0 Å². The average molecular weight is 390 g/mol. The Bertz CT molecular complexity index is 999. The van der Waals surface area contributed by atoms with E-state index in [-0.39, 0.29) is 16.7 Å². The van der Waals surface area contributed by atoms with Crippen LogP contribution in [-0.2, 0) is 12.8 Å². The van der Waals surface area contributed by atoms with Crippen LogP contribution in [0.2, 0.25) is 10.0 Å². The largest absolute Gasteiger partial charge is 0.319 e. The number of carbonyl (C=O) groups is 1. The summed E-state index contributed by atoms with van der Waals surface area (Å²) >= 11 is 12.2. The highest BCUT2D eigenvalue weighted by atomic mass is 35.5. The molecule has 4 rings (SSSR count). The van der Waals surface area contributed by atoms with Crippen molar-refractivity contribution in [2.24, 2.45) is 0 Å². The molecule has 0 saturated carbocycles. The molecule has 0 fully saturated rings. The molecule has 4 nitrogen and oxygen atoms in total. The van der Waals surface area contributed by atoms with Gasteiger partial charge in [-0.2, -0.15) is 5.10 Å². The molecule has 1 N–H and O–H groups in total. The van der Waals surface area contributed by atoms with E-state index >= 15 is 0 Å². The maximum absolute atomic E-state index is 13.2. The van der Waals surface area contributed by atoms with Crippen molar-refractivity contribution in [2.45, 2.75) is 19.3 Å². The number of halogens is 3. The van der Waals surface area contributed by atoms with E-state index in [4.69, 9.17) is 23.2 Å². The zero-order chi connectivity index (χ0) is 18.3. The Labute approximate surface area is 159 Å². The molecule has 7 heteroatoms. The van der Waals surface area contributed by atoms with Gasteiger partial charge in [-0.3, -0.25) is 4.79 Å². The van der Waals surface area contributed by atoms with Crippen LogP contribution in [0.5, 0.6) is 0 Å². The molecule has 0 aliphatic heterocycles. The molecule has 0 saturated heterocycles. The second-order valence-corrected chi connectivity index (χ2v) is 6.86. The number of fused-ring (bicyclic) bond motifs is 1. The number of nitrogens with zero attached hydrogens (tertiary/aromatic N) is 2. The topological polar surface area (TPSA) is 46.9 Å². The second-order valence-electron chi connectivity index (χ2n) is 6.07. The maximum atomic E-state index is 13.2. The quantitative estimate of drug-likeness (QED) is 0.680. The third kappa shape index (κ3) is 2.97. The highest BCUT2D eigenvalue weighted by Crippen LogP contribution is 2.32. The molecule has 3 aromatic rings. The second kappa shape index (κ2) is 6.74. The molecule has 2 aromatic carbocycles. The van der Waals surface area contributed by atoms with Crippen LogP contribution in [0.1, 0.15) is 28.2 Å². The van der Waals surface area contributed by atoms with Gasteiger partial charge in [0.25, 0.3) is 5.91 Å². The van der Waals surface area contributed by atoms with E-state index in [9.17, 15) is 9.18 Å².